The van der Waals surface area contributed by atoms with Gasteiger partial charge >= 0.3 is 0 Å². The molecule has 2 aromatic rings. The van der Waals surface area contributed by atoms with Crippen molar-refractivity contribution in [3.8, 4) is 0 Å². The number of para-hydroxylation sites is 2. The number of anilines is 2. The summed E-state index contributed by atoms with van der Waals surface area (Å²) in [7, 11) is 2.00. The molecule has 1 aliphatic rings. The largest absolute Gasteiger partial charge is 0.373 e. The van der Waals surface area contributed by atoms with Gasteiger partial charge in [-0.1, -0.05) is 12.1 Å². The maximum atomic E-state index is 12.9. The Morgan fingerprint density at radius 2 is 1.72 bits per heavy atom. The molecule has 6 heteroatoms. The quantitative estimate of drug-likeness (QED) is 0.933. The summed E-state index contributed by atoms with van der Waals surface area (Å²) in [5.41, 5.74) is 2.17. The number of hydrogen-bond acceptors (Lipinski definition) is 3. The van der Waals surface area contributed by atoms with Gasteiger partial charge in [0.25, 0.3) is 5.91 Å². The van der Waals surface area contributed by atoms with Crippen molar-refractivity contribution in [3.05, 3.63) is 59.9 Å². The molecule has 0 unspecified atom stereocenters. The Bertz CT molecular complexity index is 776. The minimum Gasteiger partial charge on any atom is -0.373 e. The Balaban J connectivity index is 1.69. The number of rotatable bonds is 3. The zero-order valence-corrected chi connectivity index (χ0v) is 14.0. The molecule has 1 aliphatic heterocycles. The summed E-state index contributed by atoms with van der Waals surface area (Å²) in [6.07, 6.45) is 0.850. The van der Waals surface area contributed by atoms with Crippen molar-refractivity contribution in [3.63, 3.8) is 0 Å². The molecular formula is C19H20FN3O2. The molecule has 130 valence electrons. The fourth-order valence-electron chi connectivity index (χ4n) is 2.94. The van der Waals surface area contributed by atoms with Gasteiger partial charge < -0.3 is 15.1 Å². The lowest BCUT2D eigenvalue weighted by Gasteiger charge is -2.24. The first-order valence-electron chi connectivity index (χ1n) is 8.20. The van der Waals surface area contributed by atoms with Gasteiger partial charge in [0.1, 0.15) is 5.82 Å². The SMILES string of the molecule is CN1CCCN(C(=O)CNC(=O)c2ccc(F)cc2)c2ccccc21. The van der Waals surface area contributed by atoms with Crippen LogP contribution < -0.4 is 15.1 Å². The van der Waals surface area contributed by atoms with Gasteiger partial charge in [0, 0.05) is 25.7 Å². The van der Waals surface area contributed by atoms with Crippen LogP contribution in [0.3, 0.4) is 0 Å². The van der Waals surface area contributed by atoms with Gasteiger partial charge in [-0.2, -0.15) is 0 Å². The molecular weight excluding hydrogens is 321 g/mol. The highest BCUT2D eigenvalue weighted by Gasteiger charge is 2.23. The highest BCUT2D eigenvalue weighted by molar-refractivity contribution is 6.02. The molecule has 0 atom stereocenters. The average Bonchev–Trinajstić information content (AvgIpc) is 2.79. The van der Waals surface area contributed by atoms with Crippen molar-refractivity contribution in [2.75, 3.05) is 36.5 Å². The lowest BCUT2D eigenvalue weighted by atomic mass is 10.2. The minimum atomic E-state index is -0.405. The van der Waals surface area contributed by atoms with Crippen molar-refractivity contribution in [1.82, 2.24) is 5.32 Å². The van der Waals surface area contributed by atoms with Crippen molar-refractivity contribution in [1.29, 1.82) is 0 Å². The Morgan fingerprint density at radius 3 is 2.44 bits per heavy atom. The van der Waals surface area contributed by atoms with E-state index >= 15 is 0 Å². The van der Waals surface area contributed by atoms with E-state index in [1.54, 1.807) is 4.90 Å². The van der Waals surface area contributed by atoms with E-state index in [2.05, 4.69) is 10.2 Å². The molecule has 2 aromatic carbocycles. The van der Waals surface area contributed by atoms with Gasteiger partial charge in [-0.05, 0) is 42.8 Å². The highest BCUT2D eigenvalue weighted by atomic mass is 19.1. The van der Waals surface area contributed by atoms with Crippen molar-refractivity contribution >= 4 is 23.2 Å². The van der Waals surface area contributed by atoms with E-state index in [9.17, 15) is 14.0 Å². The summed E-state index contributed by atoms with van der Waals surface area (Å²) in [6.45, 7) is 1.36. The first kappa shape index (κ1) is 17.0. The second-order valence-electron chi connectivity index (χ2n) is 6.00. The zero-order chi connectivity index (χ0) is 17.8. The van der Waals surface area contributed by atoms with E-state index in [1.807, 2.05) is 31.3 Å². The maximum absolute atomic E-state index is 12.9. The van der Waals surface area contributed by atoms with Crippen molar-refractivity contribution < 1.29 is 14.0 Å². The fraction of sp³-hybridized carbons (Fsp3) is 0.263. The van der Waals surface area contributed by atoms with Crippen LogP contribution in [0.2, 0.25) is 0 Å². The molecule has 0 saturated carbocycles. The van der Waals surface area contributed by atoms with Gasteiger partial charge in [-0.15, -0.1) is 0 Å². The van der Waals surface area contributed by atoms with E-state index in [1.165, 1.54) is 24.3 Å². The van der Waals surface area contributed by atoms with E-state index < -0.39 is 11.7 Å². The third-order valence-electron chi connectivity index (χ3n) is 4.27. The number of nitrogens with zero attached hydrogens (tertiary/aromatic N) is 2. The van der Waals surface area contributed by atoms with Crippen LogP contribution in [0.1, 0.15) is 16.8 Å². The van der Waals surface area contributed by atoms with Crippen LogP contribution in [0.4, 0.5) is 15.8 Å². The topological polar surface area (TPSA) is 52.6 Å². The molecule has 2 amide bonds. The number of hydrogen-bond donors (Lipinski definition) is 1. The molecule has 0 saturated heterocycles. The predicted octanol–water partition coefficient (Wildman–Crippen LogP) is 2.43. The lowest BCUT2D eigenvalue weighted by Crippen LogP contribution is -2.40. The Kier molecular flexibility index (Phi) is 4.97. The number of nitrogens with one attached hydrogen (secondary N) is 1. The first-order chi connectivity index (χ1) is 12.1. The molecule has 1 heterocycles. The fourth-order valence-corrected chi connectivity index (χ4v) is 2.94. The monoisotopic (exact) mass is 341 g/mol. The average molecular weight is 341 g/mol. The highest BCUT2D eigenvalue weighted by Crippen LogP contribution is 2.31. The lowest BCUT2D eigenvalue weighted by molar-refractivity contribution is -0.117. The van der Waals surface area contributed by atoms with E-state index in [0.717, 1.165) is 24.3 Å². The van der Waals surface area contributed by atoms with Crippen LogP contribution in [0.25, 0.3) is 0 Å². The third kappa shape index (κ3) is 3.79. The number of carbonyl (C=O) groups is 2. The van der Waals surface area contributed by atoms with Gasteiger partial charge in [0.05, 0.1) is 17.9 Å². The van der Waals surface area contributed by atoms with Crippen LogP contribution in [0.5, 0.6) is 0 Å². The standard InChI is InChI=1S/C19H20FN3O2/c1-22-11-4-12-23(17-6-3-2-5-16(17)22)18(24)13-21-19(25)14-7-9-15(20)10-8-14/h2-3,5-10H,4,11-13H2,1H3,(H,21,25). The second-order valence-corrected chi connectivity index (χ2v) is 6.00. The molecule has 0 aromatic heterocycles. The summed E-state index contributed by atoms with van der Waals surface area (Å²) in [6, 6.07) is 13.0. The molecule has 0 fully saturated rings. The smallest absolute Gasteiger partial charge is 0.251 e. The summed E-state index contributed by atoms with van der Waals surface area (Å²) in [5, 5.41) is 2.61. The van der Waals surface area contributed by atoms with Gasteiger partial charge in [-0.25, -0.2) is 4.39 Å². The molecule has 25 heavy (non-hydrogen) atoms. The second kappa shape index (κ2) is 7.34. The number of fused-ring (bicyclic) bond motifs is 1. The Morgan fingerprint density at radius 1 is 1.04 bits per heavy atom. The number of benzene rings is 2. The normalized spacial score (nSPS) is 13.8. The van der Waals surface area contributed by atoms with Crippen LogP contribution in [-0.2, 0) is 4.79 Å². The first-order valence-corrected chi connectivity index (χ1v) is 8.20. The van der Waals surface area contributed by atoms with Gasteiger partial charge in [-0.3, -0.25) is 9.59 Å². The molecule has 0 aliphatic carbocycles. The van der Waals surface area contributed by atoms with E-state index in [-0.39, 0.29) is 12.5 Å². The maximum Gasteiger partial charge on any atom is 0.251 e. The number of halogens is 1. The Hall–Kier alpha value is -2.89. The number of amides is 2. The molecule has 0 spiro atoms. The third-order valence-corrected chi connectivity index (χ3v) is 4.27. The summed E-state index contributed by atoms with van der Waals surface area (Å²) in [4.78, 5) is 28.6. The van der Waals surface area contributed by atoms with E-state index in [4.69, 9.17) is 0 Å². The zero-order valence-electron chi connectivity index (χ0n) is 14.0. The minimum absolute atomic E-state index is 0.103. The summed E-state index contributed by atoms with van der Waals surface area (Å²) >= 11 is 0. The van der Waals surface area contributed by atoms with Crippen LogP contribution in [0.15, 0.2) is 48.5 Å². The number of carbonyl (C=O) groups excluding carboxylic acids is 2. The summed E-state index contributed by atoms with van der Waals surface area (Å²) < 4.78 is 12.9. The molecule has 3 rings (SSSR count). The van der Waals surface area contributed by atoms with Gasteiger partial charge in [0.2, 0.25) is 5.91 Å². The Labute approximate surface area is 146 Å². The molecule has 1 N–H and O–H groups in total. The molecule has 5 nitrogen and oxygen atoms in total. The van der Waals surface area contributed by atoms with Crippen LogP contribution in [-0.4, -0.2) is 38.5 Å². The van der Waals surface area contributed by atoms with E-state index in [0.29, 0.717) is 12.1 Å². The summed E-state index contributed by atoms with van der Waals surface area (Å²) in [5.74, 6) is -0.968. The molecule has 0 radical (unpaired) electrons. The van der Waals surface area contributed by atoms with Crippen LogP contribution >= 0.6 is 0 Å². The van der Waals surface area contributed by atoms with Crippen molar-refractivity contribution in [2.45, 2.75) is 6.42 Å². The molecule has 0 bridgehead atoms. The van der Waals surface area contributed by atoms with Gasteiger partial charge in [0.15, 0.2) is 0 Å². The van der Waals surface area contributed by atoms with Crippen LogP contribution in [0, 0.1) is 5.82 Å². The predicted molar refractivity (Wildman–Crippen MR) is 95.4 cm³/mol. The van der Waals surface area contributed by atoms with Crippen molar-refractivity contribution in [2.24, 2.45) is 0 Å².